The molecule has 1 aliphatic heterocycles. The molecular formula is C53H61N5O8S. The first-order chi connectivity index (χ1) is 32.8. The summed E-state index contributed by atoms with van der Waals surface area (Å²) >= 11 is 1.37. The van der Waals surface area contributed by atoms with Crippen LogP contribution in [0.2, 0.25) is 0 Å². The molecule has 6 aromatic rings. The smallest absolute Gasteiger partial charge is 0.419 e. The summed E-state index contributed by atoms with van der Waals surface area (Å²) in [6.45, 7) is 3.11. The highest BCUT2D eigenvalue weighted by Gasteiger charge is 2.29. The molecule has 0 aliphatic carbocycles. The first-order valence-electron chi connectivity index (χ1n) is 23.5. The third kappa shape index (κ3) is 12.5. The fourth-order valence-electron chi connectivity index (χ4n) is 8.43. The number of para-hydroxylation sites is 1. The van der Waals surface area contributed by atoms with Gasteiger partial charge in [0.15, 0.2) is 5.16 Å². The number of unbranched alkanes of at least 4 members (excludes halogenated alkanes) is 11. The number of phenolic OH excluding ortho intramolecular Hbond substituents is 1. The van der Waals surface area contributed by atoms with Crippen LogP contribution in [-0.4, -0.2) is 65.2 Å². The number of carbonyl (C=O) groups excluding carboxylic acids is 3. The molecule has 0 atom stereocenters. The summed E-state index contributed by atoms with van der Waals surface area (Å²) in [6.07, 6.45) is 17.3. The molecule has 67 heavy (non-hydrogen) atoms. The number of phenols is 1. The number of hydrogen-bond acceptors (Lipinski definition) is 11. The highest BCUT2D eigenvalue weighted by Crippen LogP contribution is 2.41. The van der Waals surface area contributed by atoms with Crippen LogP contribution in [0, 0.1) is 0 Å². The van der Waals surface area contributed by atoms with Gasteiger partial charge < -0.3 is 29.4 Å². The van der Waals surface area contributed by atoms with E-state index in [9.17, 15) is 19.5 Å². The highest BCUT2D eigenvalue weighted by molar-refractivity contribution is 7.98. The first-order valence-corrected chi connectivity index (χ1v) is 24.5. The number of aromatic hydroxyl groups is 1. The monoisotopic (exact) mass is 927 g/mol. The van der Waals surface area contributed by atoms with Gasteiger partial charge in [-0.2, -0.15) is 0 Å². The van der Waals surface area contributed by atoms with E-state index in [1.54, 1.807) is 72.9 Å². The number of esters is 1. The lowest BCUT2D eigenvalue weighted by Gasteiger charge is -2.30. The van der Waals surface area contributed by atoms with Gasteiger partial charge in [-0.05, 0) is 73.4 Å². The third-order valence-corrected chi connectivity index (χ3v) is 13.1. The average Bonchev–Trinajstić information content (AvgIpc) is 3.84. The minimum atomic E-state index is -0.630. The Morgan fingerprint density at radius 1 is 0.791 bits per heavy atom. The van der Waals surface area contributed by atoms with Crippen molar-refractivity contribution in [2.75, 3.05) is 37.6 Å². The molecule has 2 amide bonds. The number of methoxy groups -OCH3 is 2. The predicted molar refractivity (Wildman–Crippen MR) is 264 cm³/mol. The van der Waals surface area contributed by atoms with Gasteiger partial charge in [0.2, 0.25) is 0 Å². The topological polar surface area (TPSA) is 154 Å². The summed E-state index contributed by atoms with van der Waals surface area (Å²) in [5.41, 5.74) is 3.78. The highest BCUT2D eigenvalue weighted by atomic mass is 32.2. The minimum absolute atomic E-state index is 0.0658. The van der Waals surface area contributed by atoms with Gasteiger partial charge in [-0.25, -0.2) is 9.59 Å². The summed E-state index contributed by atoms with van der Waals surface area (Å²) in [7, 11) is 2.89. The lowest BCUT2D eigenvalue weighted by Crippen LogP contribution is -2.38. The number of amides is 2. The van der Waals surface area contributed by atoms with Crippen LogP contribution < -0.4 is 24.4 Å². The number of benzene rings is 5. The van der Waals surface area contributed by atoms with E-state index in [-0.39, 0.29) is 17.1 Å². The quantitative estimate of drug-likeness (QED) is 0.0358. The van der Waals surface area contributed by atoms with Crippen molar-refractivity contribution in [3.05, 3.63) is 120 Å². The Morgan fingerprint density at radius 2 is 1.52 bits per heavy atom. The number of fused-ring (bicyclic) bond motifs is 3. The molecular weight excluding hydrogens is 867 g/mol. The Bertz CT molecular complexity index is 2620. The molecule has 14 heteroatoms. The largest absolute Gasteiger partial charge is 0.506 e. The van der Waals surface area contributed by atoms with E-state index < -0.39 is 18.0 Å². The Kier molecular flexibility index (Phi) is 17.5. The fourth-order valence-corrected chi connectivity index (χ4v) is 9.34. The molecule has 0 saturated heterocycles. The van der Waals surface area contributed by atoms with Gasteiger partial charge in [-0.15, -0.1) is 10.2 Å². The van der Waals surface area contributed by atoms with Crippen molar-refractivity contribution >= 4 is 51.9 Å². The molecule has 0 saturated carbocycles. The maximum atomic E-state index is 14.3. The van der Waals surface area contributed by atoms with Crippen molar-refractivity contribution in [2.24, 2.45) is 0 Å². The van der Waals surface area contributed by atoms with Crippen molar-refractivity contribution in [1.29, 1.82) is 0 Å². The molecule has 0 bridgehead atoms. The van der Waals surface area contributed by atoms with E-state index in [1.165, 1.54) is 83.1 Å². The van der Waals surface area contributed by atoms with Crippen LogP contribution in [-0.2, 0) is 16.9 Å². The molecule has 0 radical (unpaired) electrons. The van der Waals surface area contributed by atoms with Gasteiger partial charge in [-0.3, -0.25) is 14.3 Å². The van der Waals surface area contributed by atoms with Gasteiger partial charge >= 0.3 is 12.1 Å². The number of ether oxygens (including phenoxy) is 4. The zero-order valence-corrected chi connectivity index (χ0v) is 39.6. The molecule has 2 N–H and O–H groups in total. The third-order valence-electron chi connectivity index (χ3n) is 12.1. The van der Waals surface area contributed by atoms with Crippen LogP contribution >= 0.6 is 11.8 Å². The molecule has 0 fully saturated rings. The van der Waals surface area contributed by atoms with E-state index >= 15 is 0 Å². The van der Waals surface area contributed by atoms with Crippen molar-refractivity contribution in [2.45, 2.75) is 108 Å². The van der Waals surface area contributed by atoms with E-state index in [0.29, 0.717) is 81.7 Å². The number of anilines is 2. The zero-order chi connectivity index (χ0) is 47.0. The van der Waals surface area contributed by atoms with Gasteiger partial charge in [0.05, 0.1) is 43.3 Å². The minimum Gasteiger partial charge on any atom is -0.506 e. The van der Waals surface area contributed by atoms with Crippen LogP contribution in [0.25, 0.3) is 16.5 Å². The van der Waals surface area contributed by atoms with Crippen LogP contribution in [0.15, 0.2) is 102 Å². The lowest BCUT2D eigenvalue weighted by molar-refractivity contribution is 0.0600. The molecule has 5 aromatic carbocycles. The summed E-state index contributed by atoms with van der Waals surface area (Å²) in [5.74, 6) is 0.380. The Morgan fingerprint density at radius 3 is 2.25 bits per heavy atom. The Balaban J connectivity index is 1.03. The molecule has 1 aliphatic rings. The second-order valence-corrected chi connectivity index (χ2v) is 17.7. The zero-order valence-electron chi connectivity index (χ0n) is 38.8. The summed E-state index contributed by atoms with van der Waals surface area (Å²) < 4.78 is 24.6. The van der Waals surface area contributed by atoms with E-state index in [1.807, 2.05) is 41.0 Å². The van der Waals surface area contributed by atoms with Crippen molar-refractivity contribution in [3.63, 3.8) is 0 Å². The van der Waals surface area contributed by atoms with Crippen molar-refractivity contribution in [1.82, 2.24) is 14.8 Å². The van der Waals surface area contributed by atoms with Crippen LogP contribution in [0.4, 0.5) is 16.2 Å². The second-order valence-electron chi connectivity index (χ2n) is 16.7. The predicted octanol–water partition coefficient (Wildman–Crippen LogP) is 12.5. The summed E-state index contributed by atoms with van der Waals surface area (Å²) in [5, 5.41) is 24.7. The van der Waals surface area contributed by atoms with E-state index in [2.05, 4.69) is 22.4 Å². The van der Waals surface area contributed by atoms with E-state index in [0.717, 1.165) is 24.1 Å². The second kappa shape index (κ2) is 24.3. The van der Waals surface area contributed by atoms with E-state index in [4.69, 9.17) is 18.9 Å². The summed E-state index contributed by atoms with van der Waals surface area (Å²) in [4.78, 5) is 42.3. The van der Waals surface area contributed by atoms with Crippen LogP contribution in [0.1, 0.15) is 122 Å². The molecule has 7 rings (SSSR count). The maximum absolute atomic E-state index is 14.3. The number of thioether (sulfide) groups is 1. The molecule has 2 heterocycles. The molecule has 13 nitrogen and oxygen atoms in total. The Hall–Kier alpha value is -6.54. The van der Waals surface area contributed by atoms with Gasteiger partial charge in [0, 0.05) is 40.4 Å². The Labute approximate surface area is 397 Å². The van der Waals surface area contributed by atoms with Gasteiger partial charge in [0.1, 0.15) is 29.3 Å². The number of aryl methyl sites for hydroxylation is 1. The van der Waals surface area contributed by atoms with Crippen LogP contribution in [0.3, 0.4) is 0 Å². The van der Waals surface area contributed by atoms with Crippen molar-refractivity contribution in [3.8, 4) is 28.7 Å². The van der Waals surface area contributed by atoms with Gasteiger partial charge in [-0.1, -0.05) is 126 Å². The number of carbonyl (C=O) groups is 3. The normalized spacial score (nSPS) is 12.1. The number of hydrogen-bond donors (Lipinski definition) is 2. The average molecular weight is 928 g/mol. The molecule has 0 spiro atoms. The maximum Gasteiger partial charge on any atom is 0.419 e. The lowest BCUT2D eigenvalue weighted by atomic mass is 9.94. The molecule has 0 unspecified atom stereocenters. The fraction of sp³-hybridized carbons (Fsp3) is 0.377. The first kappa shape index (κ1) is 48.4. The number of nitrogens with one attached hydrogen (secondary N) is 1. The number of rotatable bonds is 23. The SMILES string of the molecule is CCCCCCCCCCCCCCOc1cc(OC)ccc1NC(=O)c1ccc2c3c(ccc2c1O)CCCN3C(=O)Oc1ccc(C(=O)OC)cc1CSc1nncn1-c1ccccc1. The molecule has 352 valence electrons. The van der Waals surface area contributed by atoms with Crippen molar-refractivity contribution < 1.29 is 38.4 Å². The molecule has 1 aromatic heterocycles. The van der Waals surface area contributed by atoms with Gasteiger partial charge in [0.25, 0.3) is 5.91 Å². The number of nitrogens with zero attached hydrogens (tertiary/aromatic N) is 4. The number of aromatic nitrogens is 3. The summed E-state index contributed by atoms with van der Waals surface area (Å²) in [6, 6.07) is 26.7. The standard InChI is InChI=1S/C53H61N5O8S/c1-4-5-6-7-8-9-10-11-12-13-14-18-32-65-47-34-41(63-2)25-29-45(47)55-50(60)44-28-27-42-43(49(44)59)26-23-37-20-19-31-57(48(37)42)53(62)66-46-30-24-38(51(61)64-3)33-39(46)35-67-52-56-54-36-58(52)40-21-16-15-17-22-40/h15-17,21-30,33-34,36,59H,4-14,18-20,31-32,35H2,1-3H3,(H,55,60). The van der Waals surface area contributed by atoms with Crippen LogP contribution in [0.5, 0.6) is 23.0 Å².